The Kier molecular flexibility index (Phi) is 3.48. The third kappa shape index (κ3) is 2.21. The summed E-state index contributed by atoms with van der Waals surface area (Å²) in [4.78, 5) is 8.89. The molecule has 0 aliphatic carbocycles. The monoisotopic (exact) mass is 353 g/mol. The lowest BCUT2D eigenvalue weighted by Crippen LogP contribution is -2.00. The van der Waals surface area contributed by atoms with Crippen LogP contribution in [0, 0.1) is 12.7 Å². The fourth-order valence-corrected chi connectivity index (χ4v) is 2.64. The maximum absolute atomic E-state index is 13.4. The summed E-state index contributed by atoms with van der Waals surface area (Å²) >= 11 is 9.16. The van der Waals surface area contributed by atoms with Gasteiger partial charge < -0.3 is 0 Å². The molecule has 102 valence electrons. The largest absolute Gasteiger partial charge is 0.280 e. The quantitative estimate of drug-likeness (QED) is 0.640. The van der Waals surface area contributed by atoms with E-state index in [1.807, 2.05) is 17.6 Å². The summed E-state index contributed by atoms with van der Waals surface area (Å²) in [5, 5.41) is 0. The molecule has 6 heteroatoms. The van der Waals surface area contributed by atoms with Crippen molar-refractivity contribution in [1.29, 1.82) is 0 Å². The van der Waals surface area contributed by atoms with Gasteiger partial charge in [-0.1, -0.05) is 0 Å². The van der Waals surface area contributed by atoms with Gasteiger partial charge >= 0.3 is 0 Å². The number of hydrogen-bond acceptors (Lipinski definition) is 2. The molecule has 2 aromatic heterocycles. The Morgan fingerprint density at radius 2 is 2.15 bits per heavy atom. The smallest absolute Gasteiger partial charge is 0.164 e. The highest BCUT2D eigenvalue weighted by molar-refractivity contribution is 9.10. The van der Waals surface area contributed by atoms with Gasteiger partial charge in [0.25, 0.3) is 0 Å². The molecule has 3 nitrogen and oxygen atoms in total. The Balaban J connectivity index is 2.30. The average molecular weight is 355 g/mol. The molecule has 0 N–H and O–H groups in total. The van der Waals surface area contributed by atoms with Gasteiger partial charge in [0.15, 0.2) is 5.65 Å². The van der Waals surface area contributed by atoms with Crippen LogP contribution in [0.2, 0.25) is 0 Å². The van der Waals surface area contributed by atoms with E-state index in [2.05, 4.69) is 25.9 Å². The molecular formula is C14H10BrClFN3. The van der Waals surface area contributed by atoms with E-state index in [0.29, 0.717) is 15.9 Å². The lowest BCUT2D eigenvalue weighted by atomic mass is 10.3. The van der Waals surface area contributed by atoms with Gasteiger partial charge in [-0.3, -0.25) is 4.57 Å². The molecule has 0 unspecified atom stereocenters. The van der Waals surface area contributed by atoms with Crippen molar-refractivity contribution in [2.75, 3.05) is 0 Å². The van der Waals surface area contributed by atoms with Crippen LogP contribution < -0.4 is 0 Å². The van der Waals surface area contributed by atoms with Gasteiger partial charge in [0.05, 0.1) is 16.0 Å². The summed E-state index contributed by atoms with van der Waals surface area (Å²) < 4.78 is 15.6. The fourth-order valence-electron chi connectivity index (χ4n) is 2.10. The van der Waals surface area contributed by atoms with Crippen molar-refractivity contribution in [3.63, 3.8) is 0 Å². The molecule has 0 spiro atoms. The standard InChI is InChI=1S/C14H10BrClFN3/c1-8-4-12-14(18-7-8)20(13(6-16)19-12)9-2-3-11(17)10(15)5-9/h2-5,7H,6H2,1H3. The second-order valence-corrected chi connectivity index (χ2v) is 5.57. The second kappa shape index (κ2) is 5.14. The van der Waals surface area contributed by atoms with Crippen LogP contribution in [0.1, 0.15) is 11.4 Å². The summed E-state index contributed by atoms with van der Waals surface area (Å²) in [5.74, 6) is 0.623. The number of benzene rings is 1. The number of aromatic nitrogens is 3. The molecule has 0 fully saturated rings. The lowest BCUT2D eigenvalue weighted by molar-refractivity contribution is 0.620. The molecular weight excluding hydrogens is 345 g/mol. The van der Waals surface area contributed by atoms with Crippen LogP contribution in [-0.4, -0.2) is 14.5 Å². The van der Waals surface area contributed by atoms with Crippen LogP contribution in [0.3, 0.4) is 0 Å². The first-order valence-electron chi connectivity index (χ1n) is 5.95. The van der Waals surface area contributed by atoms with E-state index in [4.69, 9.17) is 11.6 Å². The van der Waals surface area contributed by atoms with Gasteiger partial charge in [-0.25, -0.2) is 14.4 Å². The Labute approximate surface area is 128 Å². The van der Waals surface area contributed by atoms with Crippen LogP contribution in [0.15, 0.2) is 34.9 Å². The van der Waals surface area contributed by atoms with Crippen molar-refractivity contribution in [2.45, 2.75) is 12.8 Å². The highest BCUT2D eigenvalue weighted by Crippen LogP contribution is 2.25. The Morgan fingerprint density at radius 3 is 2.85 bits per heavy atom. The van der Waals surface area contributed by atoms with Crippen molar-refractivity contribution < 1.29 is 4.39 Å². The molecule has 2 heterocycles. The summed E-state index contributed by atoms with van der Waals surface area (Å²) in [6.45, 7) is 1.96. The number of halogens is 3. The highest BCUT2D eigenvalue weighted by atomic mass is 79.9. The molecule has 20 heavy (non-hydrogen) atoms. The van der Waals surface area contributed by atoms with Crippen molar-refractivity contribution in [1.82, 2.24) is 14.5 Å². The third-order valence-electron chi connectivity index (χ3n) is 2.98. The van der Waals surface area contributed by atoms with E-state index in [9.17, 15) is 4.39 Å². The van der Waals surface area contributed by atoms with Crippen LogP contribution in [0.4, 0.5) is 4.39 Å². The van der Waals surface area contributed by atoms with Crippen LogP contribution in [0.25, 0.3) is 16.9 Å². The van der Waals surface area contributed by atoms with E-state index in [-0.39, 0.29) is 11.7 Å². The first-order chi connectivity index (χ1) is 9.60. The summed E-state index contributed by atoms with van der Waals surface area (Å²) in [5.41, 5.74) is 3.29. The molecule has 1 aromatic carbocycles. The SMILES string of the molecule is Cc1cnc2c(c1)nc(CCl)n2-c1ccc(F)c(Br)c1. The van der Waals surface area contributed by atoms with E-state index >= 15 is 0 Å². The number of rotatable bonds is 2. The van der Waals surface area contributed by atoms with E-state index in [1.165, 1.54) is 6.07 Å². The fraction of sp³-hybridized carbons (Fsp3) is 0.143. The third-order valence-corrected chi connectivity index (χ3v) is 3.83. The predicted molar refractivity (Wildman–Crippen MR) is 80.8 cm³/mol. The molecule has 0 saturated carbocycles. The number of imidazole rings is 1. The normalized spacial score (nSPS) is 11.2. The van der Waals surface area contributed by atoms with Crippen molar-refractivity contribution in [3.05, 3.63) is 52.1 Å². The first kappa shape index (κ1) is 13.5. The minimum absolute atomic E-state index is 0.254. The number of fused-ring (bicyclic) bond motifs is 1. The van der Waals surface area contributed by atoms with Gasteiger partial charge in [-0.2, -0.15) is 0 Å². The van der Waals surface area contributed by atoms with Gasteiger partial charge in [0.2, 0.25) is 0 Å². The number of hydrogen-bond donors (Lipinski definition) is 0. The highest BCUT2D eigenvalue weighted by Gasteiger charge is 2.14. The summed E-state index contributed by atoms with van der Waals surface area (Å²) in [7, 11) is 0. The van der Waals surface area contributed by atoms with Gasteiger partial charge in [0.1, 0.15) is 17.2 Å². The van der Waals surface area contributed by atoms with Gasteiger partial charge in [0, 0.05) is 6.20 Å². The predicted octanol–water partition coefficient (Wildman–Crippen LogP) is 4.37. The zero-order valence-electron chi connectivity index (χ0n) is 10.6. The number of pyridine rings is 1. The molecule has 0 saturated heterocycles. The Morgan fingerprint density at radius 1 is 1.35 bits per heavy atom. The van der Waals surface area contributed by atoms with Crippen molar-refractivity contribution in [2.24, 2.45) is 0 Å². The molecule has 0 aliphatic heterocycles. The average Bonchev–Trinajstić information content (AvgIpc) is 2.79. The molecule has 0 aliphatic rings. The van der Waals surface area contributed by atoms with Crippen LogP contribution >= 0.6 is 27.5 Å². The number of aryl methyl sites for hydroxylation is 1. The van der Waals surface area contributed by atoms with Crippen LogP contribution in [-0.2, 0) is 5.88 Å². The zero-order valence-corrected chi connectivity index (χ0v) is 12.9. The van der Waals surface area contributed by atoms with Gasteiger partial charge in [-0.05, 0) is 52.7 Å². The molecule has 0 atom stereocenters. The van der Waals surface area contributed by atoms with E-state index < -0.39 is 0 Å². The molecule has 0 amide bonds. The topological polar surface area (TPSA) is 30.7 Å². The second-order valence-electron chi connectivity index (χ2n) is 4.45. The Bertz CT molecular complexity index is 800. The van der Waals surface area contributed by atoms with Crippen LogP contribution in [0.5, 0.6) is 0 Å². The maximum atomic E-state index is 13.4. The minimum Gasteiger partial charge on any atom is -0.280 e. The number of nitrogens with zero attached hydrogens (tertiary/aromatic N) is 3. The van der Waals surface area contributed by atoms with E-state index in [1.54, 1.807) is 18.3 Å². The van der Waals surface area contributed by atoms with E-state index in [0.717, 1.165) is 16.8 Å². The maximum Gasteiger partial charge on any atom is 0.164 e. The Hall–Kier alpha value is -1.46. The van der Waals surface area contributed by atoms with Crippen molar-refractivity contribution in [3.8, 4) is 5.69 Å². The lowest BCUT2D eigenvalue weighted by Gasteiger charge is -2.08. The minimum atomic E-state index is -0.311. The summed E-state index contributed by atoms with van der Waals surface area (Å²) in [6, 6.07) is 6.72. The zero-order chi connectivity index (χ0) is 14.3. The van der Waals surface area contributed by atoms with Crippen molar-refractivity contribution >= 4 is 38.7 Å². The molecule has 0 radical (unpaired) electrons. The molecule has 3 aromatic rings. The summed E-state index contributed by atoms with van der Waals surface area (Å²) in [6.07, 6.45) is 1.77. The van der Waals surface area contributed by atoms with Gasteiger partial charge in [-0.15, -0.1) is 11.6 Å². The first-order valence-corrected chi connectivity index (χ1v) is 7.28. The molecule has 0 bridgehead atoms. The molecule has 3 rings (SSSR count). The number of alkyl halides is 1.